The predicted molar refractivity (Wildman–Crippen MR) is 91.3 cm³/mol. The minimum Gasteiger partial charge on any atom is -0.459 e. The molecule has 0 atom stereocenters. The van der Waals surface area contributed by atoms with E-state index in [0.717, 1.165) is 25.7 Å². The van der Waals surface area contributed by atoms with Crippen molar-refractivity contribution in [3.8, 4) is 0 Å². The Labute approximate surface area is 182 Å². The van der Waals surface area contributed by atoms with Crippen molar-refractivity contribution in [2.24, 2.45) is 11.8 Å². The van der Waals surface area contributed by atoms with E-state index >= 15 is 0 Å². The van der Waals surface area contributed by atoms with Gasteiger partial charge in [-0.25, -0.2) is 8.78 Å². The molecule has 196 valence electrons. The number of ether oxygens (including phenoxy) is 1. The van der Waals surface area contributed by atoms with Crippen molar-refractivity contribution >= 4 is 5.97 Å². The monoisotopic (exact) mass is 512 g/mol. The average Bonchev–Trinajstić information content (AvgIpc) is 2.71. The van der Waals surface area contributed by atoms with Crippen molar-refractivity contribution < 1.29 is 62.2 Å². The summed E-state index contributed by atoms with van der Waals surface area (Å²) in [5, 5.41) is 0. The fourth-order valence-corrected chi connectivity index (χ4v) is 3.65. The highest BCUT2D eigenvalue weighted by molar-refractivity contribution is 5.69. The topological polar surface area (TPSA) is 26.3 Å². The number of rotatable bonds is 12. The lowest BCUT2D eigenvalue weighted by atomic mass is 9.78. The fraction of sp³-hybridized carbons (Fsp3) is 0.947. The van der Waals surface area contributed by atoms with Gasteiger partial charge in [0.1, 0.15) is 0 Å². The molecule has 1 rings (SSSR count). The van der Waals surface area contributed by atoms with Crippen LogP contribution in [0.2, 0.25) is 0 Å². The van der Waals surface area contributed by atoms with E-state index in [-0.39, 0.29) is 12.3 Å². The van der Waals surface area contributed by atoms with Crippen LogP contribution in [-0.2, 0) is 9.53 Å². The van der Waals surface area contributed by atoms with Crippen molar-refractivity contribution in [2.75, 3.05) is 6.61 Å². The first-order valence-electron chi connectivity index (χ1n) is 10.2. The SMILES string of the molecule is CCCC1CCC(CCC(=O)OCC(F)(F)C(F)(F)C(F)(F)C(F)(F)C(F)(F)C(F)F)CC1. The molecular weight excluding hydrogens is 488 g/mol. The van der Waals surface area contributed by atoms with E-state index in [4.69, 9.17) is 0 Å². The zero-order chi connectivity index (χ0) is 25.9. The quantitative estimate of drug-likeness (QED) is 0.202. The molecule has 1 aliphatic carbocycles. The average molecular weight is 512 g/mol. The highest BCUT2D eigenvalue weighted by atomic mass is 19.4. The maximum atomic E-state index is 13.6. The summed E-state index contributed by atoms with van der Waals surface area (Å²) < 4.78 is 161. The van der Waals surface area contributed by atoms with Gasteiger partial charge in [-0.15, -0.1) is 0 Å². The van der Waals surface area contributed by atoms with E-state index in [1.807, 2.05) is 6.92 Å². The molecule has 1 fully saturated rings. The second-order valence-corrected chi connectivity index (χ2v) is 8.23. The molecule has 0 aliphatic heterocycles. The molecule has 0 aromatic heterocycles. The van der Waals surface area contributed by atoms with Gasteiger partial charge in [0.15, 0.2) is 6.61 Å². The van der Waals surface area contributed by atoms with Gasteiger partial charge >= 0.3 is 42.0 Å². The van der Waals surface area contributed by atoms with Crippen LogP contribution in [0.3, 0.4) is 0 Å². The Morgan fingerprint density at radius 2 is 1.24 bits per heavy atom. The van der Waals surface area contributed by atoms with Crippen molar-refractivity contribution in [2.45, 2.75) is 94.3 Å². The summed E-state index contributed by atoms with van der Waals surface area (Å²) in [5.74, 6) is -36.8. The largest absolute Gasteiger partial charge is 0.459 e. The van der Waals surface area contributed by atoms with Crippen molar-refractivity contribution in [3.05, 3.63) is 0 Å². The van der Waals surface area contributed by atoms with Gasteiger partial charge < -0.3 is 4.74 Å². The van der Waals surface area contributed by atoms with Crippen LogP contribution in [-0.4, -0.2) is 48.6 Å². The molecule has 0 saturated heterocycles. The zero-order valence-electron chi connectivity index (χ0n) is 17.4. The molecule has 1 saturated carbocycles. The van der Waals surface area contributed by atoms with Crippen molar-refractivity contribution in [3.63, 3.8) is 0 Å². The Morgan fingerprint density at radius 3 is 1.67 bits per heavy atom. The van der Waals surface area contributed by atoms with E-state index in [0.29, 0.717) is 18.8 Å². The molecule has 14 heteroatoms. The summed E-state index contributed by atoms with van der Waals surface area (Å²) in [5.41, 5.74) is 0. The van der Waals surface area contributed by atoms with Crippen LogP contribution in [0.1, 0.15) is 58.3 Å². The van der Waals surface area contributed by atoms with Crippen LogP contribution < -0.4 is 0 Å². The van der Waals surface area contributed by atoms with Gasteiger partial charge in [-0.05, 0) is 18.3 Å². The minimum atomic E-state index is -7.62. The van der Waals surface area contributed by atoms with Gasteiger partial charge in [-0.3, -0.25) is 4.79 Å². The molecule has 0 spiro atoms. The molecule has 0 heterocycles. The van der Waals surface area contributed by atoms with E-state index in [9.17, 15) is 57.5 Å². The number of carbonyl (C=O) groups is 1. The van der Waals surface area contributed by atoms with Crippen LogP contribution >= 0.6 is 0 Å². The van der Waals surface area contributed by atoms with Gasteiger partial charge in [0.25, 0.3) is 0 Å². The number of hydrogen-bond acceptors (Lipinski definition) is 2. The van der Waals surface area contributed by atoms with Crippen LogP contribution in [0, 0.1) is 11.8 Å². The molecule has 1 aliphatic rings. The number of hydrogen-bond donors (Lipinski definition) is 0. The first kappa shape index (κ1) is 29.7. The Hall–Kier alpha value is -1.37. The second-order valence-electron chi connectivity index (χ2n) is 8.23. The van der Waals surface area contributed by atoms with Crippen molar-refractivity contribution in [1.82, 2.24) is 0 Å². The summed E-state index contributed by atoms with van der Waals surface area (Å²) in [4.78, 5) is 11.6. The zero-order valence-corrected chi connectivity index (χ0v) is 17.4. The Bertz CT molecular complexity index is 643. The Kier molecular flexibility index (Phi) is 9.43. The summed E-state index contributed by atoms with van der Waals surface area (Å²) in [6, 6.07) is 0. The number of alkyl halides is 12. The first-order valence-corrected chi connectivity index (χ1v) is 10.2. The molecule has 0 bridgehead atoms. The van der Waals surface area contributed by atoms with E-state index in [1.54, 1.807) is 0 Å². The van der Waals surface area contributed by atoms with Crippen molar-refractivity contribution in [1.29, 1.82) is 0 Å². The molecule has 0 aromatic rings. The third kappa shape index (κ3) is 6.01. The molecule has 2 nitrogen and oxygen atoms in total. The van der Waals surface area contributed by atoms with Gasteiger partial charge in [0, 0.05) is 6.42 Å². The van der Waals surface area contributed by atoms with E-state index in [1.165, 1.54) is 0 Å². The summed E-state index contributed by atoms with van der Waals surface area (Å²) in [7, 11) is 0. The third-order valence-electron chi connectivity index (χ3n) is 5.78. The predicted octanol–water partition coefficient (Wildman–Crippen LogP) is 7.36. The van der Waals surface area contributed by atoms with Gasteiger partial charge in [0.05, 0.1) is 0 Å². The van der Waals surface area contributed by atoms with Gasteiger partial charge in [-0.1, -0.05) is 45.4 Å². The van der Waals surface area contributed by atoms with Crippen LogP contribution in [0.15, 0.2) is 0 Å². The summed E-state index contributed by atoms with van der Waals surface area (Å²) in [6.45, 7) is -0.823. The smallest absolute Gasteiger partial charge is 0.384 e. The lowest BCUT2D eigenvalue weighted by Gasteiger charge is -2.38. The van der Waals surface area contributed by atoms with Gasteiger partial charge in [0.2, 0.25) is 0 Å². The first-order chi connectivity index (χ1) is 14.8. The number of esters is 1. The fourth-order valence-electron chi connectivity index (χ4n) is 3.65. The van der Waals surface area contributed by atoms with Crippen LogP contribution in [0.25, 0.3) is 0 Å². The van der Waals surface area contributed by atoms with Crippen LogP contribution in [0.4, 0.5) is 52.7 Å². The molecule has 0 unspecified atom stereocenters. The highest BCUT2D eigenvalue weighted by Crippen LogP contribution is 2.58. The second kappa shape index (κ2) is 10.5. The summed E-state index contributed by atoms with van der Waals surface area (Å²) >= 11 is 0. The van der Waals surface area contributed by atoms with Crippen LogP contribution in [0.5, 0.6) is 0 Å². The molecule has 0 aromatic carbocycles. The Balaban J connectivity index is 2.74. The highest BCUT2D eigenvalue weighted by Gasteiger charge is 2.87. The maximum Gasteiger partial charge on any atom is 0.384 e. The lowest BCUT2D eigenvalue weighted by molar-refractivity contribution is -0.414. The third-order valence-corrected chi connectivity index (χ3v) is 5.78. The molecule has 0 amide bonds. The molecule has 33 heavy (non-hydrogen) atoms. The lowest BCUT2D eigenvalue weighted by Crippen LogP contribution is -2.69. The molecular formula is C19H24F12O2. The summed E-state index contributed by atoms with van der Waals surface area (Å²) in [6.07, 6.45) is -0.824. The molecule has 0 radical (unpaired) electrons. The Morgan fingerprint density at radius 1 is 0.788 bits per heavy atom. The standard InChI is InChI=1S/C19H24F12O2/c1-2-3-11-4-6-12(7-5-11)8-9-13(32)33-10-15(22,23)17(26,27)19(30,31)18(28,29)16(24,25)14(20)21/h11-12,14H,2-10H2,1H3. The number of carbonyl (C=O) groups excluding carboxylic acids is 1. The maximum absolute atomic E-state index is 13.6. The molecule has 0 N–H and O–H groups in total. The van der Waals surface area contributed by atoms with E-state index < -0.39 is 55.0 Å². The van der Waals surface area contributed by atoms with Gasteiger partial charge in [-0.2, -0.15) is 43.9 Å². The normalized spacial score (nSPS) is 21.4. The van der Waals surface area contributed by atoms with E-state index in [2.05, 4.69) is 4.74 Å². The number of halogens is 12. The minimum absolute atomic E-state index is 0.00668.